The van der Waals surface area contributed by atoms with Gasteiger partial charge in [0.2, 0.25) is 0 Å². The second-order valence-corrected chi connectivity index (χ2v) is 9.36. The summed E-state index contributed by atoms with van der Waals surface area (Å²) in [7, 11) is 0. The highest BCUT2D eigenvalue weighted by molar-refractivity contribution is 7.98. The molecule has 0 atom stereocenters. The first-order valence-corrected chi connectivity index (χ1v) is 12.7. The van der Waals surface area contributed by atoms with Crippen LogP contribution < -0.4 is 15.0 Å². The lowest BCUT2D eigenvalue weighted by atomic mass is 10.1. The Labute approximate surface area is 213 Å². The number of thioether (sulfide) groups is 1. The number of carbonyl (C=O) groups is 1. The van der Waals surface area contributed by atoms with Gasteiger partial charge in [0.25, 0.3) is 0 Å². The number of nitrogens with one attached hydrogen (secondary N) is 1. The van der Waals surface area contributed by atoms with Crippen molar-refractivity contribution in [2.75, 3.05) is 29.6 Å². The normalized spacial score (nSPS) is 16.2. The number of nitrogens with zero attached hydrogens (tertiary/aromatic N) is 5. The molecule has 0 radical (unpaired) electrons. The molecule has 0 unspecified atom stereocenters. The molecular formula is C23H24F4N6O3S. The molecule has 1 aliphatic carbocycles. The van der Waals surface area contributed by atoms with E-state index < -0.39 is 12.1 Å². The largest absolute Gasteiger partial charge is 0.490 e. The predicted octanol–water partition coefficient (Wildman–Crippen LogP) is 4.54. The standard InChI is InChI=1S/C21H23FN6OS.C2HF3O2/c1-30-15-4-5-19(16(22)10-15)29-14-6-8-28(9-7-14)21-20(25-13-2-3-13)26-17-11-23-24-12-18(17)27-21;3-2(4,5)1(6)7/h4-5,10-14H,2-3,6-9H2,1H3,(H,25,26);(H,6,7). The highest BCUT2D eigenvalue weighted by Crippen LogP contribution is 2.33. The molecule has 9 nitrogen and oxygen atoms in total. The Balaban J connectivity index is 0.000000405. The first kappa shape index (κ1) is 26.6. The molecule has 2 fully saturated rings. The van der Waals surface area contributed by atoms with Gasteiger partial charge in [-0.25, -0.2) is 19.2 Å². The number of halogens is 4. The van der Waals surface area contributed by atoms with Crippen LogP contribution in [0.3, 0.4) is 0 Å². The smallest absolute Gasteiger partial charge is 0.487 e. The summed E-state index contributed by atoms with van der Waals surface area (Å²) in [4.78, 5) is 21.6. The molecule has 3 heterocycles. The fourth-order valence-corrected chi connectivity index (χ4v) is 4.05. The van der Waals surface area contributed by atoms with Crippen molar-refractivity contribution in [1.82, 2.24) is 20.2 Å². The molecule has 37 heavy (non-hydrogen) atoms. The van der Waals surface area contributed by atoms with E-state index in [0.717, 1.165) is 66.3 Å². The van der Waals surface area contributed by atoms with Gasteiger partial charge < -0.3 is 20.1 Å². The number of hydrogen-bond acceptors (Lipinski definition) is 9. The number of alkyl halides is 3. The van der Waals surface area contributed by atoms with E-state index in [1.54, 1.807) is 18.5 Å². The van der Waals surface area contributed by atoms with Crippen molar-refractivity contribution in [1.29, 1.82) is 0 Å². The number of fused-ring (bicyclic) bond motifs is 1. The quantitative estimate of drug-likeness (QED) is 0.341. The van der Waals surface area contributed by atoms with E-state index in [1.807, 2.05) is 12.3 Å². The summed E-state index contributed by atoms with van der Waals surface area (Å²) in [5.74, 6) is -1.09. The van der Waals surface area contributed by atoms with E-state index in [1.165, 1.54) is 17.8 Å². The number of anilines is 2. The Kier molecular flexibility index (Phi) is 8.15. The first-order valence-electron chi connectivity index (χ1n) is 11.4. The maximum Gasteiger partial charge on any atom is 0.490 e. The van der Waals surface area contributed by atoms with Crippen LogP contribution in [0.1, 0.15) is 25.7 Å². The van der Waals surface area contributed by atoms with Crippen molar-refractivity contribution < 1.29 is 32.2 Å². The molecule has 2 N–H and O–H groups in total. The van der Waals surface area contributed by atoms with Crippen molar-refractivity contribution in [3.63, 3.8) is 0 Å². The summed E-state index contributed by atoms with van der Waals surface area (Å²) in [6, 6.07) is 5.61. The highest BCUT2D eigenvalue weighted by atomic mass is 32.2. The molecule has 1 saturated heterocycles. The van der Waals surface area contributed by atoms with Gasteiger partial charge in [-0.05, 0) is 37.3 Å². The lowest BCUT2D eigenvalue weighted by molar-refractivity contribution is -0.192. The molecule has 1 aliphatic heterocycles. The maximum atomic E-state index is 14.3. The third kappa shape index (κ3) is 7.08. The molecule has 0 spiro atoms. The number of rotatable bonds is 6. The van der Waals surface area contributed by atoms with Crippen LogP contribution in [0, 0.1) is 5.82 Å². The SMILES string of the molecule is CSc1ccc(OC2CCN(c3nc4cnncc4nc3NC3CC3)CC2)c(F)c1.O=C(O)C(F)(F)F. The second kappa shape index (κ2) is 11.3. The van der Waals surface area contributed by atoms with Crippen LogP contribution in [0.5, 0.6) is 5.75 Å². The van der Waals surface area contributed by atoms with Crippen molar-refractivity contribution in [2.24, 2.45) is 0 Å². The van der Waals surface area contributed by atoms with E-state index in [0.29, 0.717) is 11.8 Å². The number of carboxylic acid groups (broad SMARTS) is 1. The minimum atomic E-state index is -5.08. The second-order valence-electron chi connectivity index (χ2n) is 8.48. The van der Waals surface area contributed by atoms with Crippen LogP contribution >= 0.6 is 11.8 Å². The van der Waals surface area contributed by atoms with Gasteiger partial charge in [-0.1, -0.05) is 0 Å². The zero-order valence-electron chi connectivity index (χ0n) is 19.7. The Hall–Kier alpha value is -3.42. The predicted molar refractivity (Wildman–Crippen MR) is 130 cm³/mol. The van der Waals surface area contributed by atoms with E-state index in [9.17, 15) is 17.6 Å². The molecule has 0 amide bonds. The summed E-state index contributed by atoms with van der Waals surface area (Å²) < 4.78 is 52.0. The Morgan fingerprint density at radius 1 is 1.11 bits per heavy atom. The zero-order valence-corrected chi connectivity index (χ0v) is 20.5. The first-order chi connectivity index (χ1) is 17.6. The Bertz CT molecular complexity index is 1250. The summed E-state index contributed by atoms with van der Waals surface area (Å²) in [6.45, 7) is 1.54. The van der Waals surface area contributed by atoms with Crippen LogP contribution in [0.15, 0.2) is 35.5 Å². The summed E-state index contributed by atoms with van der Waals surface area (Å²) in [5, 5.41) is 18.5. The van der Waals surface area contributed by atoms with Gasteiger partial charge in [0, 0.05) is 36.9 Å². The van der Waals surface area contributed by atoms with E-state index >= 15 is 0 Å². The number of aromatic nitrogens is 4. The molecular weight excluding hydrogens is 516 g/mol. The Morgan fingerprint density at radius 2 is 1.73 bits per heavy atom. The fourth-order valence-electron chi connectivity index (χ4n) is 3.63. The van der Waals surface area contributed by atoms with Gasteiger partial charge in [-0.15, -0.1) is 11.8 Å². The third-order valence-corrected chi connectivity index (χ3v) is 6.42. The Morgan fingerprint density at radius 3 is 2.27 bits per heavy atom. The summed E-state index contributed by atoms with van der Waals surface area (Å²) in [6.07, 6.45) is 4.01. The molecule has 1 aromatic carbocycles. The summed E-state index contributed by atoms with van der Waals surface area (Å²) in [5.41, 5.74) is 1.47. The zero-order chi connectivity index (χ0) is 26.6. The van der Waals surface area contributed by atoms with Crippen LogP contribution in [0.25, 0.3) is 11.0 Å². The van der Waals surface area contributed by atoms with Gasteiger partial charge >= 0.3 is 12.1 Å². The molecule has 1 saturated carbocycles. The van der Waals surface area contributed by atoms with Crippen LogP contribution in [-0.4, -0.2) is 68.9 Å². The fraction of sp³-hybridized carbons (Fsp3) is 0.435. The van der Waals surface area contributed by atoms with Gasteiger partial charge in [0.05, 0.1) is 12.4 Å². The van der Waals surface area contributed by atoms with Crippen LogP contribution in [0.4, 0.5) is 29.2 Å². The lowest BCUT2D eigenvalue weighted by Gasteiger charge is -2.33. The van der Waals surface area contributed by atoms with Gasteiger partial charge in [0.1, 0.15) is 17.1 Å². The van der Waals surface area contributed by atoms with Crippen molar-refractivity contribution in [2.45, 2.75) is 48.9 Å². The lowest BCUT2D eigenvalue weighted by Crippen LogP contribution is -2.39. The monoisotopic (exact) mass is 540 g/mol. The van der Waals surface area contributed by atoms with E-state index in [2.05, 4.69) is 20.4 Å². The molecule has 2 aliphatic rings. The highest BCUT2D eigenvalue weighted by Gasteiger charge is 2.38. The number of ether oxygens (including phenoxy) is 1. The average molecular weight is 541 g/mol. The average Bonchev–Trinajstić information content (AvgIpc) is 3.69. The van der Waals surface area contributed by atoms with Crippen molar-refractivity contribution in [3.8, 4) is 5.75 Å². The molecule has 198 valence electrons. The number of carboxylic acids is 1. The number of benzene rings is 1. The van der Waals surface area contributed by atoms with Crippen LogP contribution in [0.2, 0.25) is 0 Å². The topological polar surface area (TPSA) is 113 Å². The molecule has 3 aromatic rings. The molecule has 5 rings (SSSR count). The molecule has 14 heteroatoms. The number of hydrogen-bond donors (Lipinski definition) is 2. The van der Waals surface area contributed by atoms with Crippen LogP contribution in [-0.2, 0) is 4.79 Å². The van der Waals surface area contributed by atoms with Crippen molar-refractivity contribution in [3.05, 3.63) is 36.4 Å². The molecule has 0 bridgehead atoms. The van der Waals surface area contributed by atoms with E-state index in [4.69, 9.17) is 24.6 Å². The molecule has 2 aromatic heterocycles. The minimum absolute atomic E-state index is 0.0185. The number of piperidine rings is 1. The van der Waals surface area contributed by atoms with Gasteiger partial charge in [0.15, 0.2) is 23.2 Å². The number of aliphatic carboxylic acids is 1. The third-order valence-electron chi connectivity index (χ3n) is 5.69. The summed E-state index contributed by atoms with van der Waals surface area (Å²) >= 11 is 1.52. The van der Waals surface area contributed by atoms with Gasteiger partial charge in [-0.2, -0.15) is 23.4 Å². The van der Waals surface area contributed by atoms with E-state index in [-0.39, 0.29) is 11.9 Å². The minimum Gasteiger partial charge on any atom is -0.487 e. The van der Waals surface area contributed by atoms with Gasteiger partial charge in [-0.3, -0.25) is 0 Å². The maximum absolute atomic E-state index is 14.3. The van der Waals surface area contributed by atoms with Crippen molar-refractivity contribution >= 4 is 40.4 Å².